The second-order valence-electron chi connectivity index (χ2n) is 4.88. The lowest BCUT2D eigenvalue weighted by atomic mass is 10.1. The van der Waals surface area contributed by atoms with Crippen molar-refractivity contribution in [2.24, 2.45) is 0 Å². The number of esters is 1. The van der Waals surface area contributed by atoms with Crippen LogP contribution in [0.15, 0.2) is 42.5 Å². The molecule has 0 fully saturated rings. The molecule has 23 heavy (non-hydrogen) atoms. The molecule has 1 aliphatic heterocycles. The molecule has 0 aliphatic carbocycles. The average molecular weight is 313 g/mol. The van der Waals surface area contributed by atoms with Crippen molar-refractivity contribution in [1.29, 1.82) is 0 Å². The molecule has 3 rings (SSSR count). The fourth-order valence-electron chi connectivity index (χ4n) is 2.43. The lowest BCUT2D eigenvalue weighted by Crippen LogP contribution is -2.30. The maximum Gasteiger partial charge on any atom is 0.338 e. The summed E-state index contributed by atoms with van der Waals surface area (Å²) in [4.78, 5) is 37.3. The quantitative estimate of drug-likeness (QED) is 0.645. The first kappa shape index (κ1) is 14.9. The first-order valence-corrected chi connectivity index (χ1v) is 6.99. The summed E-state index contributed by atoms with van der Waals surface area (Å²) in [6.07, 6.45) is 0. The lowest BCUT2D eigenvalue weighted by Gasteiger charge is -2.15. The van der Waals surface area contributed by atoms with E-state index in [9.17, 15) is 18.8 Å². The van der Waals surface area contributed by atoms with Crippen LogP contribution in [0.4, 0.5) is 10.1 Å². The summed E-state index contributed by atoms with van der Waals surface area (Å²) in [7, 11) is 0. The maximum atomic E-state index is 14.1. The fourth-order valence-corrected chi connectivity index (χ4v) is 2.43. The summed E-state index contributed by atoms with van der Waals surface area (Å²) in [6, 6.07) is 9.68. The summed E-state index contributed by atoms with van der Waals surface area (Å²) < 4.78 is 19.0. The van der Waals surface area contributed by atoms with Crippen molar-refractivity contribution in [1.82, 2.24) is 0 Å². The van der Waals surface area contributed by atoms with Gasteiger partial charge in [0.1, 0.15) is 5.82 Å². The first-order valence-electron chi connectivity index (χ1n) is 6.99. The molecule has 2 amide bonds. The maximum absolute atomic E-state index is 14.1. The number of hydrogen-bond acceptors (Lipinski definition) is 4. The van der Waals surface area contributed by atoms with Gasteiger partial charge in [0.15, 0.2) is 0 Å². The number of amides is 2. The van der Waals surface area contributed by atoms with Crippen LogP contribution in [0.1, 0.15) is 38.0 Å². The van der Waals surface area contributed by atoms with Crippen LogP contribution in [0.3, 0.4) is 0 Å². The first-order chi connectivity index (χ1) is 11.0. The van der Waals surface area contributed by atoms with Crippen LogP contribution in [0.2, 0.25) is 0 Å². The monoisotopic (exact) mass is 313 g/mol. The van der Waals surface area contributed by atoms with Crippen molar-refractivity contribution in [2.45, 2.75) is 6.92 Å². The number of nitrogens with zero attached hydrogens (tertiary/aromatic N) is 1. The predicted octanol–water partition coefficient (Wildman–Crippen LogP) is 2.80. The molecule has 0 atom stereocenters. The Hall–Kier alpha value is -3.02. The zero-order valence-electron chi connectivity index (χ0n) is 12.2. The number of carbonyl (C=O) groups is 3. The molecule has 0 saturated carbocycles. The van der Waals surface area contributed by atoms with Gasteiger partial charge in [-0.3, -0.25) is 9.59 Å². The summed E-state index contributed by atoms with van der Waals surface area (Å²) in [5.74, 6) is -2.66. The minimum atomic E-state index is -0.771. The van der Waals surface area contributed by atoms with E-state index < -0.39 is 23.6 Å². The molecule has 0 N–H and O–H groups in total. The van der Waals surface area contributed by atoms with Crippen molar-refractivity contribution < 1.29 is 23.5 Å². The molecule has 0 bridgehead atoms. The molecule has 2 aromatic rings. The van der Waals surface area contributed by atoms with E-state index in [0.29, 0.717) is 0 Å². The Kier molecular flexibility index (Phi) is 3.65. The predicted molar refractivity (Wildman–Crippen MR) is 79.9 cm³/mol. The Bertz CT molecular complexity index is 796. The van der Waals surface area contributed by atoms with Gasteiger partial charge >= 0.3 is 5.97 Å². The van der Waals surface area contributed by atoms with Gasteiger partial charge < -0.3 is 4.74 Å². The fraction of sp³-hybridized carbons (Fsp3) is 0.118. The Balaban J connectivity index is 2.06. The van der Waals surface area contributed by atoms with Crippen LogP contribution in [-0.2, 0) is 4.74 Å². The van der Waals surface area contributed by atoms with E-state index in [1.165, 1.54) is 18.2 Å². The number of fused-ring (bicyclic) bond motifs is 1. The molecule has 1 heterocycles. The smallest absolute Gasteiger partial charge is 0.338 e. The molecule has 0 aromatic heterocycles. The third-order valence-electron chi connectivity index (χ3n) is 3.49. The van der Waals surface area contributed by atoms with Crippen LogP contribution in [-0.4, -0.2) is 24.4 Å². The topological polar surface area (TPSA) is 63.7 Å². The van der Waals surface area contributed by atoms with Crippen molar-refractivity contribution in [2.75, 3.05) is 11.5 Å². The van der Waals surface area contributed by atoms with E-state index in [4.69, 9.17) is 4.74 Å². The van der Waals surface area contributed by atoms with Crippen molar-refractivity contribution in [3.05, 3.63) is 65.0 Å². The van der Waals surface area contributed by atoms with Gasteiger partial charge in [-0.1, -0.05) is 12.1 Å². The number of carbonyl (C=O) groups excluding carboxylic acids is 3. The zero-order chi connectivity index (χ0) is 16.6. The average Bonchev–Trinajstić information content (AvgIpc) is 2.80. The van der Waals surface area contributed by atoms with Gasteiger partial charge in [0.2, 0.25) is 0 Å². The molecule has 5 nitrogen and oxygen atoms in total. The second kappa shape index (κ2) is 5.64. The highest BCUT2D eigenvalue weighted by atomic mass is 19.1. The highest BCUT2D eigenvalue weighted by Gasteiger charge is 2.37. The molecular formula is C17H12FNO4. The Morgan fingerprint density at radius 2 is 1.70 bits per heavy atom. The van der Waals surface area contributed by atoms with Crippen LogP contribution in [0, 0.1) is 5.82 Å². The third-order valence-corrected chi connectivity index (χ3v) is 3.49. The minimum absolute atomic E-state index is 0.0693. The van der Waals surface area contributed by atoms with Gasteiger partial charge in [0.25, 0.3) is 11.8 Å². The number of ether oxygens (including phenoxy) is 1. The number of rotatable bonds is 3. The highest BCUT2D eigenvalue weighted by Crippen LogP contribution is 2.30. The molecule has 0 saturated heterocycles. The van der Waals surface area contributed by atoms with Crippen molar-refractivity contribution >= 4 is 23.5 Å². The number of anilines is 1. The van der Waals surface area contributed by atoms with Crippen LogP contribution in [0.5, 0.6) is 0 Å². The molecule has 6 heteroatoms. The van der Waals surface area contributed by atoms with Gasteiger partial charge in [-0.25, -0.2) is 14.1 Å². The van der Waals surface area contributed by atoms with E-state index in [-0.39, 0.29) is 29.0 Å². The van der Waals surface area contributed by atoms with E-state index in [1.807, 2.05) is 0 Å². The van der Waals surface area contributed by atoms with Crippen LogP contribution >= 0.6 is 0 Å². The summed E-state index contributed by atoms with van der Waals surface area (Å²) in [6.45, 7) is 1.81. The van der Waals surface area contributed by atoms with Crippen LogP contribution in [0.25, 0.3) is 0 Å². The summed E-state index contributed by atoms with van der Waals surface area (Å²) >= 11 is 0. The molecule has 0 radical (unpaired) electrons. The SMILES string of the molecule is CCOC(=O)c1ccc(F)c(N2C(=O)c3ccccc3C2=O)c1. The molecule has 0 spiro atoms. The largest absolute Gasteiger partial charge is 0.462 e. The van der Waals surface area contributed by atoms with Gasteiger partial charge in [-0.15, -0.1) is 0 Å². The number of hydrogen-bond donors (Lipinski definition) is 0. The third kappa shape index (κ3) is 2.38. The Labute approximate surface area is 131 Å². The minimum Gasteiger partial charge on any atom is -0.462 e. The Morgan fingerprint density at radius 1 is 1.09 bits per heavy atom. The second-order valence-corrected chi connectivity index (χ2v) is 4.88. The lowest BCUT2D eigenvalue weighted by molar-refractivity contribution is 0.0525. The summed E-state index contributed by atoms with van der Waals surface area (Å²) in [5.41, 5.74) is 0.221. The summed E-state index contributed by atoms with van der Waals surface area (Å²) in [5, 5.41) is 0. The Morgan fingerprint density at radius 3 is 2.26 bits per heavy atom. The number of benzene rings is 2. The van der Waals surface area contributed by atoms with E-state index >= 15 is 0 Å². The van der Waals surface area contributed by atoms with E-state index in [1.54, 1.807) is 19.1 Å². The van der Waals surface area contributed by atoms with Gasteiger partial charge in [0.05, 0.1) is 29.0 Å². The van der Waals surface area contributed by atoms with Gasteiger partial charge in [-0.05, 0) is 37.3 Å². The number of imide groups is 1. The van der Waals surface area contributed by atoms with Crippen molar-refractivity contribution in [3.63, 3.8) is 0 Å². The molecular weight excluding hydrogens is 301 g/mol. The van der Waals surface area contributed by atoms with Gasteiger partial charge in [0, 0.05) is 0 Å². The zero-order valence-corrected chi connectivity index (χ0v) is 12.2. The standard InChI is InChI=1S/C17H12FNO4/c1-2-23-17(22)10-7-8-13(18)14(9-10)19-15(20)11-5-3-4-6-12(11)16(19)21/h3-9H,2H2,1H3. The highest BCUT2D eigenvalue weighted by molar-refractivity contribution is 6.34. The van der Waals surface area contributed by atoms with Crippen molar-refractivity contribution in [3.8, 4) is 0 Å². The number of halogens is 1. The van der Waals surface area contributed by atoms with Crippen LogP contribution < -0.4 is 4.90 Å². The molecule has 1 aliphatic rings. The molecule has 0 unspecified atom stereocenters. The normalized spacial score (nSPS) is 13.2. The van der Waals surface area contributed by atoms with Gasteiger partial charge in [-0.2, -0.15) is 0 Å². The molecule has 116 valence electrons. The molecule has 2 aromatic carbocycles. The van der Waals surface area contributed by atoms with E-state index in [0.717, 1.165) is 17.0 Å². The van der Waals surface area contributed by atoms with E-state index in [2.05, 4.69) is 0 Å².